The molecule has 1 aliphatic rings. The number of urea groups is 1. The number of carboxylic acids is 1. The van der Waals surface area contributed by atoms with Gasteiger partial charge < -0.3 is 21.1 Å². The first-order valence-corrected chi connectivity index (χ1v) is 6.03. The van der Waals surface area contributed by atoms with Gasteiger partial charge in [-0.3, -0.25) is 9.59 Å². The van der Waals surface area contributed by atoms with Gasteiger partial charge in [0.2, 0.25) is 5.91 Å². The lowest BCUT2D eigenvalue weighted by Gasteiger charge is -2.12. The number of carboxylic acid groups (broad SMARTS) is 1. The molecule has 3 amide bonds. The van der Waals surface area contributed by atoms with E-state index in [1.165, 1.54) is 0 Å². The lowest BCUT2D eigenvalue weighted by atomic mass is 10.1. The number of nitrogens with one attached hydrogen (secondary N) is 3. The van der Waals surface area contributed by atoms with Gasteiger partial charge in [0.05, 0.1) is 12.0 Å². The smallest absolute Gasteiger partial charge is 0.315 e. The summed E-state index contributed by atoms with van der Waals surface area (Å²) in [6.45, 7) is 2.53. The van der Waals surface area contributed by atoms with Crippen LogP contribution in [0.3, 0.4) is 0 Å². The highest BCUT2D eigenvalue weighted by Gasteiger charge is 2.22. The molecule has 18 heavy (non-hydrogen) atoms. The maximum absolute atomic E-state index is 11.4. The van der Waals surface area contributed by atoms with E-state index in [4.69, 9.17) is 5.11 Å². The van der Waals surface area contributed by atoms with Gasteiger partial charge in [-0.2, -0.15) is 0 Å². The van der Waals surface area contributed by atoms with Gasteiger partial charge in [0.15, 0.2) is 0 Å². The molecule has 1 fully saturated rings. The standard InChI is InChI=1S/C11H19N3O4/c1-7(10(16)17)3-2-4-12-11(18)14-8-5-9(15)13-6-8/h7-8H,2-6H2,1H3,(H,13,15)(H,16,17)(H2,12,14,18). The highest BCUT2D eigenvalue weighted by Crippen LogP contribution is 2.04. The van der Waals surface area contributed by atoms with Crippen molar-refractivity contribution in [2.75, 3.05) is 13.1 Å². The zero-order valence-electron chi connectivity index (χ0n) is 10.4. The van der Waals surface area contributed by atoms with E-state index in [0.29, 0.717) is 32.4 Å². The van der Waals surface area contributed by atoms with Crippen LogP contribution in [0, 0.1) is 5.92 Å². The molecule has 4 N–H and O–H groups in total. The van der Waals surface area contributed by atoms with Gasteiger partial charge in [-0.15, -0.1) is 0 Å². The number of carbonyl (C=O) groups excluding carboxylic acids is 2. The number of hydrogen-bond donors (Lipinski definition) is 4. The van der Waals surface area contributed by atoms with Crippen molar-refractivity contribution in [3.63, 3.8) is 0 Å². The summed E-state index contributed by atoms with van der Waals surface area (Å²) >= 11 is 0. The van der Waals surface area contributed by atoms with E-state index in [1.54, 1.807) is 6.92 Å². The van der Waals surface area contributed by atoms with Crippen molar-refractivity contribution in [3.8, 4) is 0 Å². The summed E-state index contributed by atoms with van der Waals surface area (Å²) in [6.07, 6.45) is 1.45. The van der Waals surface area contributed by atoms with E-state index in [9.17, 15) is 14.4 Å². The molecule has 0 bridgehead atoms. The summed E-state index contributed by atoms with van der Waals surface area (Å²) < 4.78 is 0. The first-order chi connectivity index (χ1) is 8.49. The summed E-state index contributed by atoms with van der Waals surface area (Å²) in [5, 5.41) is 16.6. The average Bonchev–Trinajstić information content (AvgIpc) is 2.69. The molecule has 0 spiro atoms. The topological polar surface area (TPSA) is 108 Å². The van der Waals surface area contributed by atoms with Gasteiger partial charge in [-0.25, -0.2) is 4.79 Å². The highest BCUT2D eigenvalue weighted by molar-refractivity contribution is 5.81. The van der Waals surface area contributed by atoms with Gasteiger partial charge >= 0.3 is 12.0 Å². The van der Waals surface area contributed by atoms with Gasteiger partial charge in [0.25, 0.3) is 0 Å². The Morgan fingerprint density at radius 2 is 2.28 bits per heavy atom. The lowest BCUT2D eigenvalue weighted by Crippen LogP contribution is -2.43. The molecule has 0 aliphatic carbocycles. The molecule has 2 unspecified atom stereocenters. The van der Waals surface area contributed by atoms with Crippen LogP contribution < -0.4 is 16.0 Å². The van der Waals surface area contributed by atoms with Crippen molar-refractivity contribution < 1.29 is 19.5 Å². The molecule has 1 heterocycles. The number of hydrogen-bond acceptors (Lipinski definition) is 3. The van der Waals surface area contributed by atoms with Crippen LogP contribution in [0.2, 0.25) is 0 Å². The molecule has 7 heteroatoms. The monoisotopic (exact) mass is 257 g/mol. The first kappa shape index (κ1) is 14.3. The third-order valence-electron chi connectivity index (χ3n) is 2.83. The molecule has 0 saturated carbocycles. The minimum Gasteiger partial charge on any atom is -0.481 e. The van der Waals surface area contributed by atoms with Crippen LogP contribution in [0.15, 0.2) is 0 Å². The highest BCUT2D eigenvalue weighted by atomic mass is 16.4. The Balaban J connectivity index is 2.07. The maximum atomic E-state index is 11.4. The second-order valence-corrected chi connectivity index (χ2v) is 4.49. The molecule has 0 aromatic heterocycles. The van der Waals surface area contributed by atoms with Crippen molar-refractivity contribution >= 4 is 17.9 Å². The Morgan fingerprint density at radius 3 is 2.83 bits per heavy atom. The van der Waals surface area contributed by atoms with Crippen LogP contribution in [-0.2, 0) is 9.59 Å². The Morgan fingerprint density at radius 1 is 1.56 bits per heavy atom. The zero-order valence-corrected chi connectivity index (χ0v) is 10.4. The fraction of sp³-hybridized carbons (Fsp3) is 0.727. The number of amides is 3. The van der Waals surface area contributed by atoms with Crippen LogP contribution >= 0.6 is 0 Å². The largest absolute Gasteiger partial charge is 0.481 e. The molecule has 102 valence electrons. The van der Waals surface area contributed by atoms with Crippen molar-refractivity contribution in [2.24, 2.45) is 5.92 Å². The SMILES string of the molecule is CC(CCCNC(=O)NC1CNC(=O)C1)C(=O)O. The van der Waals surface area contributed by atoms with E-state index in [2.05, 4.69) is 16.0 Å². The van der Waals surface area contributed by atoms with Crippen LogP contribution in [0.5, 0.6) is 0 Å². The third-order valence-corrected chi connectivity index (χ3v) is 2.83. The quantitative estimate of drug-likeness (QED) is 0.489. The lowest BCUT2D eigenvalue weighted by molar-refractivity contribution is -0.141. The Bertz CT molecular complexity index is 332. The second kappa shape index (κ2) is 6.83. The summed E-state index contributed by atoms with van der Waals surface area (Å²) in [4.78, 5) is 32.9. The van der Waals surface area contributed by atoms with Crippen LogP contribution in [0.1, 0.15) is 26.2 Å². The summed E-state index contributed by atoms with van der Waals surface area (Å²) in [7, 11) is 0. The second-order valence-electron chi connectivity index (χ2n) is 4.49. The maximum Gasteiger partial charge on any atom is 0.315 e. The van der Waals surface area contributed by atoms with Gasteiger partial charge in [-0.1, -0.05) is 6.92 Å². The molecule has 1 saturated heterocycles. The normalized spacial score (nSPS) is 20.1. The first-order valence-electron chi connectivity index (χ1n) is 6.03. The summed E-state index contributed by atoms with van der Waals surface area (Å²) in [5.74, 6) is -1.28. The molecule has 0 aromatic rings. The number of aliphatic carboxylic acids is 1. The minimum atomic E-state index is -0.824. The van der Waals surface area contributed by atoms with E-state index in [-0.39, 0.29) is 18.0 Å². The fourth-order valence-electron chi connectivity index (χ4n) is 1.68. The third kappa shape index (κ3) is 5.03. The van der Waals surface area contributed by atoms with Crippen molar-refractivity contribution in [3.05, 3.63) is 0 Å². The van der Waals surface area contributed by atoms with Crippen molar-refractivity contribution in [2.45, 2.75) is 32.2 Å². The van der Waals surface area contributed by atoms with Gasteiger partial charge in [-0.05, 0) is 12.8 Å². The summed E-state index contributed by atoms with van der Waals surface area (Å²) in [5.41, 5.74) is 0. The molecular formula is C11H19N3O4. The van der Waals surface area contributed by atoms with Crippen LogP contribution in [0.4, 0.5) is 4.79 Å². The summed E-state index contributed by atoms with van der Waals surface area (Å²) in [6, 6.07) is -0.477. The number of carbonyl (C=O) groups is 3. The molecule has 7 nitrogen and oxygen atoms in total. The fourth-order valence-corrected chi connectivity index (χ4v) is 1.68. The van der Waals surface area contributed by atoms with E-state index < -0.39 is 11.9 Å². The molecule has 1 rings (SSSR count). The van der Waals surface area contributed by atoms with Gasteiger partial charge in [0.1, 0.15) is 0 Å². The van der Waals surface area contributed by atoms with E-state index in [0.717, 1.165) is 0 Å². The predicted octanol–water partition coefficient (Wildman–Crippen LogP) is -0.325. The van der Waals surface area contributed by atoms with E-state index in [1.807, 2.05) is 0 Å². The number of rotatable bonds is 6. The molecular weight excluding hydrogens is 238 g/mol. The Hall–Kier alpha value is -1.79. The van der Waals surface area contributed by atoms with Crippen molar-refractivity contribution in [1.29, 1.82) is 0 Å². The predicted molar refractivity (Wildman–Crippen MR) is 64.0 cm³/mol. The minimum absolute atomic E-state index is 0.0596. The van der Waals surface area contributed by atoms with E-state index >= 15 is 0 Å². The Kier molecular flexibility index (Phi) is 5.41. The molecule has 1 aliphatic heterocycles. The van der Waals surface area contributed by atoms with Gasteiger partial charge in [0, 0.05) is 19.5 Å². The average molecular weight is 257 g/mol. The zero-order chi connectivity index (χ0) is 13.5. The Labute approximate surface area is 105 Å². The molecule has 0 aromatic carbocycles. The van der Waals surface area contributed by atoms with Crippen molar-refractivity contribution in [1.82, 2.24) is 16.0 Å². The molecule has 2 atom stereocenters. The van der Waals surface area contributed by atoms with Crippen LogP contribution in [-0.4, -0.2) is 42.1 Å². The molecule has 0 radical (unpaired) electrons. The van der Waals surface area contributed by atoms with Crippen LogP contribution in [0.25, 0.3) is 0 Å².